The largest absolute Gasteiger partial charge is 0.378 e. The summed E-state index contributed by atoms with van der Waals surface area (Å²) in [6, 6.07) is 9.27. The average Bonchev–Trinajstić information content (AvgIpc) is 2.47. The van der Waals surface area contributed by atoms with E-state index in [0.717, 1.165) is 22.3 Å². The van der Waals surface area contributed by atoms with Gasteiger partial charge in [0.25, 0.3) is 5.56 Å². The number of pyridine rings is 1. The van der Waals surface area contributed by atoms with Crippen molar-refractivity contribution in [1.82, 2.24) is 14.5 Å². The first-order valence-corrected chi connectivity index (χ1v) is 7.18. The lowest BCUT2D eigenvalue weighted by atomic mass is 10.2. The van der Waals surface area contributed by atoms with Crippen LogP contribution in [0.2, 0.25) is 5.28 Å². The zero-order valence-corrected chi connectivity index (χ0v) is 13.3. The predicted octanol–water partition coefficient (Wildman–Crippen LogP) is 2.81. The number of hydrogen-bond acceptors (Lipinski definition) is 4. The Morgan fingerprint density at radius 3 is 2.50 bits per heavy atom. The van der Waals surface area contributed by atoms with Gasteiger partial charge in [-0.15, -0.1) is 0 Å². The van der Waals surface area contributed by atoms with Crippen molar-refractivity contribution in [3.63, 3.8) is 0 Å². The number of hydrogen-bond donors (Lipinski definition) is 0. The molecule has 22 heavy (non-hydrogen) atoms. The van der Waals surface area contributed by atoms with Gasteiger partial charge in [0, 0.05) is 37.4 Å². The van der Waals surface area contributed by atoms with Crippen LogP contribution >= 0.6 is 11.6 Å². The molecule has 6 heteroatoms. The molecule has 0 aliphatic heterocycles. The second kappa shape index (κ2) is 5.42. The maximum absolute atomic E-state index is 12.4. The Bertz CT molecular complexity index is 900. The van der Waals surface area contributed by atoms with Gasteiger partial charge in [-0.25, -0.2) is 4.98 Å². The van der Waals surface area contributed by atoms with E-state index in [2.05, 4.69) is 9.97 Å². The minimum Gasteiger partial charge on any atom is -0.378 e. The number of aromatic nitrogens is 3. The summed E-state index contributed by atoms with van der Waals surface area (Å²) in [5.74, 6) is 0. The number of aryl methyl sites for hydroxylation is 1. The highest BCUT2D eigenvalue weighted by Crippen LogP contribution is 2.20. The van der Waals surface area contributed by atoms with Crippen LogP contribution in [0, 0.1) is 6.92 Å². The first kappa shape index (κ1) is 14.5. The van der Waals surface area contributed by atoms with Crippen LogP contribution in [-0.4, -0.2) is 28.6 Å². The second-order valence-electron chi connectivity index (χ2n) is 5.29. The molecule has 0 saturated heterocycles. The molecule has 5 nitrogen and oxygen atoms in total. The Morgan fingerprint density at radius 1 is 1.18 bits per heavy atom. The fourth-order valence-corrected chi connectivity index (χ4v) is 2.51. The van der Waals surface area contributed by atoms with Crippen molar-refractivity contribution in [2.24, 2.45) is 0 Å². The van der Waals surface area contributed by atoms with Crippen LogP contribution < -0.4 is 10.5 Å². The molecule has 0 N–H and O–H groups in total. The quantitative estimate of drug-likeness (QED) is 0.683. The maximum Gasteiger partial charge on any atom is 0.257 e. The number of anilines is 1. The Morgan fingerprint density at radius 2 is 1.86 bits per heavy atom. The number of benzene rings is 1. The van der Waals surface area contributed by atoms with Gasteiger partial charge in [-0.05, 0) is 48.4 Å². The molecule has 1 aromatic carbocycles. The summed E-state index contributed by atoms with van der Waals surface area (Å²) < 4.78 is 1.55. The lowest BCUT2D eigenvalue weighted by Crippen LogP contribution is -2.19. The monoisotopic (exact) mass is 314 g/mol. The van der Waals surface area contributed by atoms with Crippen molar-refractivity contribution in [2.75, 3.05) is 19.0 Å². The van der Waals surface area contributed by atoms with E-state index in [1.807, 2.05) is 50.2 Å². The highest BCUT2D eigenvalue weighted by Gasteiger charge is 2.11. The minimum atomic E-state index is -0.141. The van der Waals surface area contributed by atoms with Crippen LogP contribution in [0.4, 0.5) is 5.69 Å². The molecule has 0 radical (unpaired) electrons. The summed E-state index contributed by atoms with van der Waals surface area (Å²) in [4.78, 5) is 22.7. The molecule has 0 aliphatic rings. The SMILES string of the molecule is Cc1cc(=O)n(-c2ccc(N(C)C)cc2)c2nc(Cl)ncc12. The van der Waals surface area contributed by atoms with Crippen molar-refractivity contribution in [3.8, 4) is 5.69 Å². The molecule has 3 aromatic rings. The van der Waals surface area contributed by atoms with Crippen molar-refractivity contribution in [3.05, 3.63) is 57.7 Å². The van der Waals surface area contributed by atoms with Gasteiger partial charge in [0.15, 0.2) is 5.65 Å². The zero-order valence-electron chi connectivity index (χ0n) is 12.5. The molecule has 0 aliphatic carbocycles. The van der Waals surface area contributed by atoms with Gasteiger partial charge in [-0.3, -0.25) is 9.36 Å². The van der Waals surface area contributed by atoms with E-state index in [-0.39, 0.29) is 10.8 Å². The summed E-state index contributed by atoms with van der Waals surface area (Å²) in [7, 11) is 3.94. The van der Waals surface area contributed by atoms with Crippen LogP contribution in [0.1, 0.15) is 5.56 Å². The molecular weight excluding hydrogens is 300 g/mol. The van der Waals surface area contributed by atoms with Gasteiger partial charge in [0.05, 0.1) is 5.69 Å². The van der Waals surface area contributed by atoms with Crippen LogP contribution in [0.25, 0.3) is 16.7 Å². The van der Waals surface area contributed by atoms with Crippen LogP contribution in [0.15, 0.2) is 41.3 Å². The third-order valence-corrected chi connectivity index (χ3v) is 3.74. The molecule has 0 spiro atoms. The van der Waals surface area contributed by atoms with Gasteiger partial charge in [-0.1, -0.05) is 0 Å². The number of rotatable bonds is 2. The van der Waals surface area contributed by atoms with E-state index in [1.54, 1.807) is 16.8 Å². The Kier molecular flexibility index (Phi) is 3.58. The molecule has 2 aromatic heterocycles. The second-order valence-corrected chi connectivity index (χ2v) is 5.63. The smallest absolute Gasteiger partial charge is 0.257 e. The van der Waals surface area contributed by atoms with Gasteiger partial charge in [0.2, 0.25) is 5.28 Å². The zero-order chi connectivity index (χ0) is 15.9. The number of halogens is 1. The molecule has 0 unspecified atom stereocenters. The number of fused-ring (bicyclic) bond motifs is 1. The lowest BCUT2D eigenvalue weighted by molar-refractivity contribution is 0.995. The molecular formula is C16H15ClN4O. The van der Waals surface area contributed by atoms with Gasteiger partial charge in [0.1, 0.15) is 0 Å². The molecule has 0 saturated carbocycles. The van der Waals surface area contributed by atoms with E-state index in [1.165, 1.54) is 0 Å². The Labute approximate surface area is 132 Å². The minimum absolute atomic E-state index is 0.121. The standard InChI is InChI=1S/C16H15ClN4O/c1-10-8-14(22)21(15-13(10)9-18-16(17)19-15)12-6-4-11(5-7-12)20(2)3/h4-9H,1-3H3. The Balaban J connectivity index is 2.30. The van der Waals surface area contributed by atoms with Crippen molar-refractivity contribution < 1.29 is 0 Å². The van der Waals surface area contributed by atoms with E-state index < -0.39 is 0 Å². The fraction of sp³-hybridized carbons (Fsp3) is 0.188. The van der Waals surface area contributed by atoms with Gasteiger partial charge >= 0.3 is 0 Å². The first-order valence-electron chi connectivity index (χ1n) is 6.80. The van der Waals surface area contributed by atoms with Crippen LogP contribution in [-0.2, 0) is 0 Å². The highest BCUT2D eigenvalue weighted by atomic mass is 35.5. The molecule has 3 rings (SSSR count). The third kappa shape index (κ3) is 2.44. The van der Waals surface area contributed by atoms with Gasteiger partial charge in [-0.2, -0.15) is 4.98 Å². The van der Waals surface area contributed by atoms with E-state index >= 15 is 0 Å². The van der Waals surface area contributed by atoms with Crippen molar-refractivity contribution >= 4 is 28.3 Å². The molecule has 112 valence electrons. The maximum atomic E-state index is 12.4. The van der Waals surface area contributed by atoms with Crippen molar-refractivity contribution in [2.45, 2.75) is 6.92 Å². The van der Waals surface area contributed by atoms with E-state index in [9.17, 15) is 4.79 Å². The molecule has 0 bridgehead atoms. The van der Waals surface area contributed by atoms with Crippen LogP contribution in [0.5, 0.6) is 0 Å². The molecule has 0 atom stereocenters. The van der Waals surface area contributed by atoms with Crippen LogP contribution in [0.3, 0.4) is 0 Å². The summed E-state index contributed by atoms with van der Waals surface area (Å²) >= 11 is 5.91. The summed E-state index contributed by atoms with van der Waals surface area (Å²) in [5, 5.41) is 0.928. The first-order chi connectivity index (χ1) is 10.5. The highest BCUT2D eigenvalue weighted by molar-refractivity contribution is 6.28. The average molecular weight is 315 g/mol. The topological polar surface area (TPSA) is 51.0 Å². The summed E-state index contributed by atoms with van der Waals surface area (Å²) in [6.07, 6.45) is 1.64. The predicted molar refractivity (Wildman–Crippen MR) is 89.2 cm³/mol. The summed E-state index contributed by atoms with van der Waals surface area (Å²) in [5.41, 5.74) is 3.01. The normalized spacial score (nSPS) is 10.9. The third-order valence-electron chi connectivity index (χ3n) is 3.56. The Hall–Kier alpha value is -2.40. The van der Waals surface area contributed by atoms with Crippen molar-refractivity contribution in [1.29, 1.82) is 0 Å². The molecule has 2 heterocycles. The molecule has 0 fully saturated rings. The fourth-order valence-electron chi connectivity index (χ4n) is 2.38. The number of nitrogens with zero attached hydrogens (tertiary/aromatic N) is 4. The van der Waals surface area contributed by atoms with Gasteiger partial charge < -0.3 is 4.90 Å². The van der Waals surface area contributed by atoms with E-state index in [4.69, 9.17) is 11.6 Å². The summed E-state index contributed by atoms with van der Waals surface area (Å²) in [6.45, 7) is 1.86. The lowest BCUT2D eigenvalue weighted by Gasteiger charge is -2.14. The molecule has 0 amide bonds. The van der Waals surface area contributed by atoms with E-state index in [0.29, 0.717) is 5.65 Å².